The third kappa shape index (κ3) is 3.50. The molecule has 0 unspecified atom stereocenters. The zero-order valence-corrected chi connectivity index (χ0v) is 18.2. The summed E-state index contributed by atoms with van der Waals surface area (Å²) in [6, 6.07) is 7.45. The van der Waals surface area contributed by atoms with E-state index in [2.05, 4.69) is 10.7 Å². The number of carbonyl (C=O) groups excluding carboxylic acids is 1. The van der Waals surface area contributed by atoms with Crippen molar-refractivity contribution in [1.29, 1.82) is 0 Å². The maximum atomic E-state index is 14.0. The van der Waals surface area contributed by atoms with Crippen molar-refractivity contribution in [2.45, 2.75) is 70.9 Å². The number of likely N-dealkylation sites (tertiary alicyclic amines) is 1. The molecule has 3 aliphatic rings. The van der Waals surface area contributed by atoms with Crippen LogP contribution in [-0.4, -0.2) is 39.5 Å². The Balaban J connectivity index is 1.32. The predicted molar refractivity (Wildman–Crippen MR) is 113 cm³/mol. The first-order valence-corrected chi connectivity index (χ1v) is 11.0. The predicted octanol–water partition coefficient (Wildman–Crippen LogP) is 5.45. The van der Waals surface area contributed by atoms with Crippen LogP contribution in [0.2, 0.25) is 0 Å². The van der Waals surface area contributed by atoms with Gasteiger partial charge in [-0.25, -0.2) is 9.18 Å². The molecule has 1 aliphatic heterocycles. The van der Waals surface area contributed by atoms with Gasteiger partial charge in [0, 0.05) is 30.0 Å². The van der Waals surface area contributed by atoms with Gasteiger partial charge < -0.3 is 9.64 Å². The Labute approximate surface area is 177 Å². The van der Waals surface area contributed by atoms with E-state index >= 15 is 0 Å². The fraction of sp³-hybridized carbons (Fsp3) is 0.583. The molecule has 1 spiro atoms. The number of ether oxygens (including phenoxy) is 1. The molecule has 0 bridgehead atoms. The standard InChI is InChI=1S/C24H30FN3O2/c1-15-5-8-17(25)9-19(15)21-10-20(16-6-7-16)26-28(21)18-11-24(12-18)13-27(14-24)22(29)30-23(2,3)4/h5,8-10,16,18H,6-7,11-14H2,1-4H3. The van der Waals surface area contributed by atoms with Crippen molar-refractivity contribution >= 4 is 6.09 Å². The first kappa shape index (κ1) is 19.6. The van der Waals surface area contributed by atoms with Gasteiger partial charge in [0.2, 0.25) is 0 Å². The summed E-state index contributed by atoms with van der Waals surface area (Å²) in [6.45, 7) is 9.21. The average molecular weight is 412 g/mol. The fourth-order valence-electron chi connectivity index (χ4n) is 4.93. The third-order valence-corrected chi connectivity index (χ3v) is 6.61. The van der Waals surface area contributed by atoms with Crippen LogP contribution in [0.4, 0.5) is 9.18 Å². The lowest BCUT2D eigenvalue weighted by Gasteiger charge is -2.58. The van der Waals surface area contributed by atoms with Crippen molar-refractivity contribution in [3.8, 4) is 11.3 Å². The van der Waals surface area contributed by atoms with E-state index in [0.717, 1.165) is 48.4 Å². The number of nitrogens with zero attached hydrogens (tertiary/aromatic N) is 3. The molecule has 2 aromatic rings. The lowest BCUT2D eigenvalue weighted by Crippen LogP contribution is -2.64. The normalized spacial score (nSPS) is 20.8. The van der Waals surface area contributed by atoms with E-state index in [-0.39, 0.29) is 17.3 Å². The fourth-order valence-corrected chi connectivity index (χ4v) is 4.93. The number of benzene rings is 1. The first-order valence-electron chi connectivity index (χ1n) is 11.0. The van der Waals surface area contributed by atoms with Crippen molar-refractivity contribution in [3.63, 3.8) is 0 Å². The Hall–Kier alpha value is -2.37. The number of carbonyl (C=O) groups is 1. The van der Waals surface area contributed by atoms with Gasteiger partial charge in [-0.15, -0.1) is 0 Å². The van der Waals surface area contributed by atoms with Crippen LogP contribution in [0.5, 0.6) is 0 Å². The highest BCUT2D eigenvalue weighted by molar-refractivity contribution is 5.69. The van der Waals surface area contributed by atoms with E-state index in [0.29, 0.717) is 12.0 Å². The van der Waals surface area contributed by atoms with Gasteiger partial charge in [-0.1, -0.05) is 6.07 Å². The molecule has 30 heavy (non-hydrogen) atoms. The van der Waals surface area contributed by atoms with E-state index in [1.807, 2.05) is 33.8 Å². The number of hydrogen-bond acceptors (Lipinski definition) is 3. The summed E-state index contributed by atoms with van der Waals surface area (Å²) in [5.74, 6) is 0.340. The summed E-state index contributed by atoms with van der Waals surface area (Å²) in [5.41, 5.74) is 3.87. The molecule has 0 N–H and O–H groups in total. The molecular weight excluding hydrogens is 381 g/mol. The number of amides is 1. The molecular formula is C24H30FN3O2. The smallest absolute Gasteiger partial charge is 0.410 e. The van der Waals surface area contributed by atoms with Crippen LogP contribution < -0.4 is 0 Å². The van der Waals surface area contributed by atoms with Crippen LogP contribution in [0.3, 0.4) is 0 Å². The van der Waals surface area contributed by atoms with Crippen molar-refractivity contribution in [1.82, 2.24) is 14.7 Å². The van der Waals surface area contributed by atoms with E-state index < -0.39 is 5.60 Å². The third-order valence-electron chi connectivity index (χ3n) is 6.61. The number of halogens is 1. The highest BCUT2D eigenvalue weighted by atomic mass is 19.1. The van der Waals surface area contributed by atoms with Gasteiger partial charge in [-0.05, 0) is 77.1 Å². The molecule has 1 aromatic heterocycles. The van der Waals surface area contributed by atoms with Crippen molar-refractivity contribution in [3.05, 3.63) is 41.3 Å². The van der Waals surface area contributed by atoms with Crippen molar-refractivity contribution < 1.29 is 13.9 Å². The molecule has 0 atom stereocenters. The molecule has 1 saturated heterocycles. The molecule has 3 fully saturated rings. The molecule has 5 nitrogen and oxygen atoms in total. The Morgan fingerprint density at radius 3 is 2.53 bits per heavy atom. The minimum absolute atomic E-state index is 0.182. The van der Waals surface area contributed by atoms with E-state index in [9.17, 15) is 9.18 Å². The van der Waals surface area contributed by atoms with Crippen LogP contribution in [0.15, 0.2) is 24.3 Å². The lowest BCUT2D eigenvalue weighted by molar-refractivity contribution is -0.0925. The first-order chi connectivity index (χ1) is 14.1. The van der Waals surface area contributed by atoms with Crippen LogP contribution in [0.25, 0.3) is 11.3 Å². The number of rotatable bonds is 3. The second-order valence-corrected chi connectivity index (χ2v) is 10.5. The largest absolute Gasteiger partial charge is 0.444 e. The van der Waals surface area contributed by atoms with Gasteiger partial charge in [0.05, 0.1) is 17.4 Å². The second kappa shape index (κ2) is 6.56. The topological polar surface area (TPSA) is 47.4 Å². The minimum Gasteiger partial charge on any atom is -0.444 e. The summed E-state index contributed by atoms with van der Waals surface area (Å²) in [6.07, 6.45) is 4.16. The van der Waals surface area contributed by atoms with E-state index in [1.54, 1.807) is 11.0 Å². The van der Waals surface area contributed by atoms with Crippen LogP contribution in [-0.2, 0) is 4.74 Å². The summed E-state index contributed by atoms with van der Waals surface area (Å²) in [5, 5.41) is 4.96. The molecule has 160 valence electrons. The second-order valence-electron chi connectivity index (χ2n) is 10.5. The van der Waals surface area contributed by atoms with Gasteiger partial charge in [0.15, 0.2) is 0 Å². The molecule has 1 aromatic carbocycles. The summed E-state index contributed by atoms with van der Waals surface area (Å²) >= 11 is 0. The molecule has 6 heteroatoms. The molecule has 5 rings (SSSR count). The number of aryl methyl sites for hydroxylation is 1. The molecule has 0 radical (unpaired) electrons. The number of hydrogen-bond donors (Lipinski definition) is 0. The Morgan fingerprint density at radius 2 is 1.90 bits per heavy atom. The Morgan fingerprint density at radius 1 is 1.20 bits per heavy atom. The highest BCUT2D eigenvalue weighted by Gasteiger charge is 2.55. The van der Waals surface area contributed by atoms with E-state index in [4.69, 9.17) is 9.84 Å². The maximum absolute atomic E-state index is 14.0. The molecule has 2 saturated carbocycles. The van der Waals surface area contributed by atoms with Gasteiger partial charge in [-0.2, -0.15) is 5.10 Å². The van der Waals surface area contributed by atoms with E-state index in [1.165, 1.54) is 18.9 Å². The van der Waals surface area contributed by atoms with Gasteiger partial charge in [0.1, 0.15) is 11.4 Å². The molecule has 1 amide bonds. The van der Waals surface area contributed by atoms with Crippen molar-refractivity contribution in [2.24, 2.45) is 5.41 Å². The zero-order valence-electron chi connectivity index (χ0n) is 18.2. The SMILES string of the molecule is Cc1ccc(F)cc1-c1cc(C2CC2)nn1C1CC2(C1)CN(C(=O)OC(C)(C)C)C2. The van der Waals surface area contributed by atoms with Crippen LogP contribution in [0.1, 0.15) is 69.7 Å². The minimum atomic E-state index is -0.464. The van der Waals surface area contributed by atoms with Crippen LogP contribution >= 0.6 is 0 Å². The van der Waals surface area contributed by atoms with Gasteiger partial charge >= 0.3 is 6.09 Å². The summed E-state index contributed by atoms with van der Waals surface area (Å²) in [4.78, 5) is 14.1. The summed E-state index contributed by atoms with van der Waals surface area (Å²) in [7, 11) is 0. The quantitative estimate of drug-likeness (QED) is 0.675. The van der Waals surface area contributed by atoms with Crippen molar-refractivity contribution in [2.75, 3.05) is 13.1 Å². The lowest BCUT2D eigenvalue weighted by atomic mass is 9.60. The Kier molecular flexibility index (Phi) is 4.28. The Bertz CT molecular complexity index is 988. The van der Waals surface area contributed by atoms with Gasteiger partial charge in [0.25, 0.3) is 0 Å². The highest BCUT2D eigenvalue weighted by Crippen LogP contribution is 2.55. The summed E-state index contributed by atoms with van der Waals surface area (Å²) < 4.78 is 21.6. The maximum Gasteiger partial charge on any atom is 0.410 e. The zero-order chi connectivity index (χ0) is 21.3. The van der Waals surface area contributed by atoms with Crippen LogP contribution in [0, 0.1) is 18.2 Å². The average Bonchev–Trinajstić information content (AvgIpc) is 3.33. The monoisotopic (exact) mass is 411 g/mol. The number of aromatic nitrogens is 2. The molecule has 2 heterocycles. The molecule has 2 aliphatic carbocycles. The van der Waals surface area contributed by atoms with Gasteiger partial charge in [-0.3, -0.25) is 4.68 Å².